The summed E-state index contributed by atoms with van der Waals surface area (Å²) in [6, 6.07) is 23.1. The zero-order valence-corrected chi connectivity index (χ0v) is 21.4. The molecule has 2 aromatic carbocycles. The number of pyridine rings is 1. The summed E-state index contributed by atoms with van der Waals surface area (Å²) >= 11 is 0. The lowest BCUT2D eigenvalue weighted by molar-refractivity contribution is 0.334. The van der Waals surface area contributed by atoms with Crippen molar-refractivity contribution >= 4 is 17.3 Å². The molecule has 4 heterocycles. The van der Waals surface area contributed by atoms with Gasteiger partial charge in [0.1, 0.15) is 5.76 Å². The summed E-state index contributed by atoms with van der Waals surface area (Å²) < 4.78 is 7.22. The Bertz CT molecular complexity index is 1470. The van der Waals surface area contributed by atoms with E-state index in [0.717, 1.165) is 51.6 Å². The van der Waals surface area contributed by atoms with Gasteiger partial charge in [-0.25, -0.2) is 4.52 Å². The summed E-state index contributed by atoms with van der Waals surface area (Å²) in [5, 5.41) is 12.2. The molecule has 0 amide bonds. The first-order chi connectivity index (χ1) is 18.1. The molecule has 7 nitrogen and oxygen atoms in total. The molecule has 0 radical (unpaired) electrons. The van der Waals surface area contributed by atoms with Crippen molar-refractivity contribution in [1.82, 2.24) is 24.7 Å². The molecular weight excluding hydrogens is 460 g/mol. The molecule has 1 fully saturated rings. The Kier molecular flexibility index (Phi) is 6.45. The van der Waals surface area contributed by atoms with E-state index in [2.05, 4.69) is 70.0 Å². The highest BCUT2D eigenvalue weighted by molar-refractivity contribution is 5.72. The minimum atomic E-state index is 0.585. The standard InChI is InChI=1S/C30H32N6O/c1-21-29(22(2)37-34-21)25-14-12-24(13-15-25)27-8-5-9-28-32-30(33-36(27)28)31-26-16-10-23(11-17-26)7-6-20-35-18-3-4-19-35/h5,8-17H,3-4,6-7,18-20H2,1-2H3,(H,31,33). The molecule has 7 heteroatoms. The average Bonchev–Trinajstić information content (AvgIpc) is 3.65. The summed E-state index contributed by atoms with van der Waals surface area (Å²) in [7, 11) is 0. The topological polar surface area (TPSA) is 71.5 Å². The van der Waals surface area contributed by atoms with Crippen molar-refractivity contribution in [1.29, 1.82) is 0 Å². The Balaban J connectivity index is 1.16. The summed E-state index contributed by atoms with van der Waals surface area (Å²) in [5.41, 5.74) is 8.25. The smallest absolute Gasteiger partial charge is 0.247 e. The first-order valence-corrected chi connectivity index (χ1v) is 13.1. The van der Waals surface area contributed by atoms with Crippen molar-refractivity contribution in [3.63, 3.8) is 0 Å². The number of aromatic nitrogens is 4. The van der Waals surface area contributed by atoms with Crippen molar-refractivity contribution < 1.29 is 4.52 Å². The summed E-state index contributed by atoms with van der Waals surface area (Å²) in [5.74, 6) is 1.41. The molecule has 0 atom stereocenters. The van der Waals surface area contributed by atoms with Gasteiger partial charge in [-0.3, -0.25) is 0 Å². The zero-order valence-electron chi connectivity index (χ0n) is 21.4. The molecule has 1 N–H and O–H groups in total. The first kappa shape index (κ1) is 23.4. The normalized spacial score (nSPS) is 14.0. The second-order valence-corrected chi connectivity index (χ2v) is 9.87. The van der Waals surface area contributed by atoms with Crippen LogP contribution in [0.5, 0.6) is 0 Å². The second kappa shape index (κ2) is 10.2. The van der Waals surface area contributed by atoms with E-state index < -0.39 is 0 Å². The molecule has 0 spiro atoms. The minimum Gasteiger partial charge on any atom is -0.361 e. The fourth-order valence-corrected chi connectivity index (χ4v) is 5.28. The van der Waals surface area contributed by atoms with Gasteiger partial charge in [-0.15, -0.1) is 5.10 Å². The van der Waals surface area contributed by atoms with Crippen molar-refractivity contribution in [2.75, 3.05) is 25.0 Å². The number of anilines is 2. The Morgan fingerprint density at radius 2 is 1.65 bits per heavy atom. The van der Waals surface area contributed by atoms with E-state index in [9.17, 15) is 0 Å². The number of rotatable bonds is 8. The molecule has 1 aliphatic rings. The van der Waals surface area contributed by atoms with Crippen LogP contribution in [0.15, 0.2) is 71.3 Å². The van der Waals surface area contributed by atoms with Gasteiger partial charge in [0.05, 0.1) is 11.4 Å². The Labute approximate surface area is 217 Å². The number of hydrogen-bond acceptors (Lipinski definition) is 6. The molecular formula is C30H32N6O. The quantitative estimate of drug-likeness (QED) is 0.269. The lowest BCUT2D eigenvalue weighted by Gasteiger charge is -2.14. The minimum absolute atomic E-state index is 0.585. The maximum atomic E-state index is 5.34. The first-order valence-electron chi connectivity index (χ1n) is 13.1. The lowest BCUT2D eigenvalue weighted by atomic mass is 10.0. The van der Waals surface area contributed by atoms with E-state index in [4.69, 9.17) is 14.6 Å². The maximum absolute atomic E-state index is 5.34. The van der Waals surface area contributed by atoms with Crippen LogP contribution in [0, 0.1) is 13.8 Å². The average molecular weight is 493 g/mol. The van der Waals surface area contributed by atoms with Crippen LogP contribution in [-0.2, 0) is 6.42 Å². The highest BCUT2D eigenvalue weighted by Crippen LogP contribution is 2.29. The van der Waals surface area contributed by atoms with Gasteiger partial charge in [-0.1, -0.05) is 47.6 Å². The van der Waals surface area contributed by atoms with Crippen LogP contribution in [-0.4, -0.2) is 44.3 Å². The number of benzene rings is 2. The molecule has 0 saturated carbocycles. The third-order valence-electron chi connectivity index (χ3n) is 7.21. The molecule has 5 aromatic rings. The number of fused-ring (bicyclic) bond motifs is 1. The lowest BCUT2D eigenvalue weighted by Crippen LogP contribution is -2.20. The van der Waals surface area contributed by atoms with Crippen LogP contribution in [0.2, 0.25) is 0 Å². The molecule has 0 bridgehead atoms. The van der Waals surface area contributed by atoms with Gasteiger partial charge in [-0.2, -0.15) is 4.98 Å². The predicted molar refractivity (Wildman–Crippen MR) is 147 cm³/mol. The molecule has 188 valence electrons. The SMILES string of the molecule is Cc1noc(C)c1-c1ccc(-c2cccc3nc(Nc4ccc(CCCN5CCCC5)cc4)nn23)cc1. The van der Waals surface area contributed by atoms with E-state index in [-0.39, 0.29) is 0 Å². The van der Waals surface area contributed by atoms with Gasteiger partial charge >= 0.3 is 0 Å². The van der Waals surface area contributed by atoms with Crippen molar-refractivity contribution in [3.05, 3.63) is 83.7 Å². The fraction of sp³-hybridized carbons (Fsp3) is 0.300. The van der Waals surface area contributed by atoms with Crippen molar-refractivity contribution in [3.8, 4) is 22.4 Å². The van der Waals surface area contributed by atoms with Gasteiger partial charge < -0.3 is 14.7 Å². The second-order valence-electron chi connectivity index (χ2n) is 9.87. The Hall–Kier alpha value is -3.97. The van der Waals surface area contributed by atoms with Crippen molar-refractivity contribution in [2.24, 2.45) is 0 Å². The van der Waals surface area contributed by atoms with E-state index in [1.54, 1.807) is 0 Å². The van der Waals surface area contributed by atoms with Crippen LogP contribution in [0.4, 0.5) is 11.6 Å². The van der Waals surface area contributed by atoms with Gasteiger partial charge in [0.2, 0.25) is 5.95 Å². The number of nitrogens with zero attached hydrogens (tertiary/aromatic N) is 5. The largest absolute Gasteiger partial charge is 0.361 e. The molecule has 6 rings (SSSR count). The number of hydrogen-bond donors (Lipinski definition) is 1. The predicted octanol–water partition coefficient (Wildman–Crippen LogP) is 6.44. The molecule has 0 aliphatic carbocycles. The third kappa shape index (κ3) is 5.00. The molecule has 37 heavy (non-hydrogen) atoms. The Morgan fingerprint density at radius 3 is 2.38 bits per heavy atom. The van der Waals surface area contributed by atoms with Gasteiger partial charge in [-0.05, 0) is 94.6 Å². The Morgan fingerprint density at radius 1 is 0.892 bits per heavy atom. The van der Waals surface area contributed by atoms with E-state index in [1.165, 1.54) is 44.5 Å². The van der Waals surface area contributed by atoms with Crippen LogP contribution in [0.3, 0.4) is 0 Å². The summed E-state index contributed by atoms with van der Waals surface area (Å²) in [4.78, 5) is 7.28. The highest BCUT2D eigenvalue weighted by atomic mass is 16.5. The fourth-order valence-electron chi connectivity index (χ4n) is 5.28. The number of nitrogens with one attached hydrogen (secondary N) is 1. The monoisotopic (exact) mass is 492 g/mol. The van der Waals surface area contributed by atoms with Crippen LogP contribution >= 0.6 is 0 Å². The van der Waals surface area contributed by atoms with Gasteiger partial charge in [0.15, 0.2) is 5.65 Å². The van der Waals surface area contributed by atoms with E-state index in [1.807, 2.05) is 30.5 Å². The van der Waals surface area contributed by atoms with Gasteiger partial charge in [0, 0.05) is 16.8 Å². The molecule has 1 aliphatic heterocycles. The van der Waals surface area contributed by atoms with E-state index >= 15 is 0 Å². The van der Waals surface area contributed by atoms with Crippen LogP contribution in [0.25, 0.3) is 28.0 Å². The van der Waals surface area contributed by atoms with Crippen LogP contribution < -0.4 is 5.32 Å². The van der Waals surface area contributed by atoms with Crippen LogP contribution in [0.1, 0.15) is 36.3 Å². The maximum Gasteiger partial charge on any atom is 0.247 e. The highest BCUT2D eigenvalue weighted by Gasteiger charge is 2.14. The summed E-state index contributed by atoms with van der Waals surface area (Å²) in [6.07, 6.45) is 5.04. The number of likely N-dealkylation sites (tertiary alicyclic amines) is 1. The van der Waals surface area contributed by atoms with E-state index in [0.29, 0.717) is 5.95 Å². The molecule has 1 saturated heterocycles. The van der Waals surface area contributed by atoms with Gasteiger partial charge in [0.25, 0.3) is 0 Å². The molecule has 3 aromatic heterocycles. The summed E-state index contributed by atoms with van der Waals surface area (Å²) in [6.45, 7) is 7.65. The molecule has 0 unspecified atom stereocenters. The number of aryl methyl sites for hydroxylation is 3. The van der Waals surface area contributed by atoms with Crippen molar-refractivity contribution in [2.45, 2.75) is 39.5 Å². The third-order valence-corrected chi connectivity index (χ3v) is 7.21. The zero-order chi connectivity index (χ0) is 25.2.